The smallest absolute Gasteiger partial charge is 0.163 e. The first-order chi connectivity index (χ1) is 16.4. The van der Waals surface area contributed by atoms with Crippen molar-refractivity contribution in [2.75, 3.05) is 31.2 Å². The zero-order chi connectivity index (χ0) is 21.8. The Hall–Kier alpha value is -4.10. The number of morpholine rings is 1. The Morgan fingerprint density at radius 3 is 2.67 bits per heavy atom. The number of ether oxygens (including phenoxy) is 1. The van der Waals surface area contributed by atoms with Gasteiger partial charge in [-0.25, -0.2) is 15.0 Å². The van der Waals surface area contributed by atoms with Crippen LogP contribution in [0.5, 0.6) is 0 Å². The molecule has 0 spiro atoms. The third kappa shape index (κ3) is 2.86. The molecule has 0 atom stereocenters. The molecule has 1 aliphatic heterocycles. The van der Waals surface area contributed by atoms with Crippen molar-refractivity contribution in [3.05, 3.63) is 72.7 Å². The van der Waals surface area contributed by atoms with Gasteiger partial charge in [-0.2, -0.15) is 0 Å². The molecule has 160 valence electrons. The van der Waals surface area contributed by atoms with E-state index in [0.717, 1.165) is 68.4 Å². The second-order valence-electron chi connectivity index (χ2n) is 8.29. The van der Waals surface area contributed by atoms with Crippen LogP contribution in [0.15, 0.2) is 67.2 Å². The highest BCUT2D eigenvalue weighted by atomic mass is 16.5. The van der Waals surface area contributed by atoms with Gasteiger partial charge in [-0.1, -0.05) is 36.4 Å². The Labute approximate surface area is 189 Å². The maximum Gasteiger partial charge on any atom is 0.163 e. The maximum absolute atomic E-state index is 5.62. The SMILES string of the molecule is C1=CC(c2cncc3nc(-c4ccnc5[nH]c6ccccc6c45)nc(N4CCOCC4)c23)=C1. The second kappa shape index (κ2) is 7.21. The Morgan fingerprint density at radius 2 is 1.82 bits per heavy atom. The Bertz CT molecular complexity index is 1610. The first-order valence-corrected chi connectivity index (χ1v) is 11.1. The fraction of sp³-hybridized carbons (Fsp3) is 0.154. The lowest BCUT2D eigenvalue weighted by atomic mass is 9.97. The molecule has 0 amide bonds. The molecule has 0 unspecified atom stereocenters. The van der Waals surface area contributed by atoms with Gasteiger partial charge in [0.25, 0.3) is 0 Å². The Balaban J connectivity index is 1.53. The second-order valence-corrected chi connectivity index (χ2v) is 8.29. The fourth-order valence-electron chi connectivity index (χ4n) is 4.73. The van der Waals surface area contributed by atoms with Crippen molar-refractivity contribution in [1.82, 2.24) is 24.9 Å². The van der Waals surface area contributed by atoms with E-state index in [-0.39, 0.29) is 0 Å². The van der Waals surface area contributed by atoms with E-state index < -0.39 is 0 Å². The van der Waals surface area contributed by atoms with Crippen molar-refractivity contribution in [3.8, 4) is 11.4 Å². The van der Waals surface area contributed by atoms with Crippen LogP contribution in [0.3, 0.4) is 0 Å². The monoisotopic (exact) mass is 432 g/mol. The molecule has 0 radical (unpaired) electrons. The van der Waals surface area contributed by atoms with Crippen molar-refractivity contribution in [2.24, 2.45) is 0 Å². The minimum absolute atomic E-state index is 0.679. The summed E-state index contributed by atoms with van der Waals surface area (Å²) in [6, 6.07) is 10.2. The first-order valence-electron chi connectivity index (χ1n) is 11.1. The third-order valence-corrected chi connectivity index (χ3v) is 6.40. The molecule has 0 bridgehead atoms. The predicted octanol–water partition coefficient (Wildman–Crippen LogP) is 4.51. The van der Waals surface area contributed by atoms with Crippen LogP contribution in [0.2, 0.25) is 0 Å². The maximum atomic E-state index is 5.62. The van der Waals surface area contributed by atoms with Gasteiger partial charge in [0.15, 0.2) is 5.82 Å². The summed E-state index contributed by atoms with van der Waals surface area (Å²) in [5.41, 5.74) is 5.90. The molecule has 2 aliphatic rings. The van der Waals surface area contributed by atoms with Crippen molar-refractivity contribution >= 4 is 44.2 Å². The van der Waals surface area contributed by atoms with Gasteiger partial charge in [-0.15, -0.1) is 0 Å². The van der Waals surface area contributed by atoms with Crippen LogP contribution >= 0.6 is 0 Å². The number of nitrogens with one attached hydrogen (secondary N) is 1. The number of nitrogens with zero attached hydrogens (tertiary/aromatic N) is 5. The molecule has 1 aromatic carbocycles. The number of H-pyrrole nitrogens is 1. The summed E-state index contributed by atoms with van der Waals surface area (Å²) in [4.78, 5) is 25.0. The van der Waals surface area contributed by atoms with Crippen LogP contribution in [-0.2, 0) is 4.74 Å². The van der Waals surface area contributed by atoms with Gasteiger partial charge >= 0.3 is 0 Å². The van der Waals surface area contributed by atoms with Gasteiger partial charge < -0.3 is 14.6 Å². The van der Waals surface area contributed by atoms with Gasteiger partial charge in [-0.05, 0) is 17.7 Å². The summed E-state index contributed by atoms with van der Waals surface area (Å²) in [7, 11) is 0. The molecule has 5 heterocycles. The molecule has 1 N–H and O–H groups in total. The molecule has 7 nitrogen and oxygen atoms in total. The number of hydrogen-bond donors (Lipinski definition) is 1. The number of benzene rings is 1. The number of fused-ring (bicyclic) bond motifs is 4. The van der Waals surface area contributed by atoms with E-state index in [1.54, 1.807) is 0 Å². The molecule has 7 rings (SSSR count). The molecular formula is C26H20N6O. The van der Waals surface area contributed by atoms with E-state index in [1.165, 1.54) is 0 Å². The topological polar surface area (TPSA) is 79.8 Å². The first kappa shape index (κ1) is 18.5. The van der Waals surface area contributed by atoms with Gasteiger partial charge in [0.05, 0.1) is 30.3 Å². The third-order valence-electron chi connectivity index (χ3n) is 6.40. The number of aromatic amines is 1. The van der Waals surface area contributed by atoms with Gasteiger partial charge in [-0.3, -0.25) is 4.98 Å². The van der Waals surface area contributed by atoms with Crippen LogP contribution < -0.4 is 4.90 Å². The number of hydrogen-bond acceptors (Lipinski definition) is 6. The van der Waals surface area contributed by atoms with E-state index in [2.05, 4.69) is 44.1 Å². The normalized spacial score (nSPS) is 15.9. The average Bonchev–Trinajstić information content (AvgIpc) is 3.22. The van der Waals surface area contributed by atoms with Gasteiger partial charge in [0.2, 0.25) is 0 Å². The highest BCUT2D eigenvalue weighted by Crippen LogP contribution is 2.37. The lowest BCUT2D eigenvalue weighted by Crippen LogP contribution is -2.37. The molecular weight excluding hydrogens is 412 g/mol. The lowest BCUT2D eigenvalue weighted by molar-refractivity contribution is 0.122. The quantitative estimate of drug-likeness (QED) is 0.452. The summed E-state index contributed by atoms with van der Waals surface area (Å²) in [5.74, 6) is 1.61. The van der Waals surface area contributed by atoms with Crippen LogP contribution in [0.1, 0.15) is 5.56 Å². The molecule has 1 aliphatic carbocycles. The van der Waals surface area contributed by atoms with Crippen molar-refractivity contribution < 1.29 is 4.74 Å². The predicted molar refractivity (Wildman–Crippen MR) is 130 cm³/mol. The Kier molecular flexibility index (Phi) is 4.04. The summed E-state index contributed by atoms with van der Waals surface area (Å²) < 4.78 is 5.62. The van der Waals surface area contributed by atoms with E-state index >= 15 is 0 Å². The van der Waals surface area contributed by atoms with Crippen LogP contribution in [0.4, 0.5) is 5.82 Å². The standard InChI is InChI=1S/C26H20N6O/c1-2-7-20-17(6-1)22-18(8-9-28-25(22)29-20)24-30-21-15-27-14-19(16-4-3-5-16)23(21)26(31-24)32-10-12-33-13-11-32/h1-9,14-15H,10-13H2,(H,28,29). The Morgan fingerprint density at radius 1 is 0.939 bits per heavy atom. The number of allylic oxidation sites excluding steroid dienone is 4. The van der Waals surface area contributed by atoms with E-state index in [9.17, 15) is 0 Å². The van der Waals surface area contributed by atoms with Gasteiger partial charge in [0.1, 0.15) is 11.5 Å². The van der Waals surface area contributed by atoms with Gasteiger partial charge in [0, 0.05) is 52.9 Å². The van der Waals surface area contributed by atoms with Crippen LogP contribution in [0.25, 0.3) is 49.8 Å². The summed E-state index contributed by atoms with van der Waals surface area (Å²) in [5, 5.41) is 3.19. The highest BCUT2D eigenvalue weighted by Gasteiger charge is 2.23. The van der Waals surface area contributed by atoms with Crippen molar-refractivity contribution in [1.29, 1.82) is 0 Å². The van der Waals surface area contributed by atoms with E-state index in [4.69, 9.17) is 14.7 Å². The van der Waals surface area contributed by atoms with Crippen molar-refractivity contribution in [3.63, 3.8) is 0 Å². The van der Waals surface area contributed by atoms with E-state index in [1.807, 2.05) is 42.9 Å². The minimum atomic E-state index is 0.679. The summed E-state index contributed by atoms with van der Waals surface area (Å²) in [6.45, 7) is 2.96. The number of pyridine rings is 2. The van der Waals surface area contributed by atoms with E-state index in [0.29, 0.717) is 19.0 Å². The zero-order valence-electron chi connectivity index (χ0n) is 17.8. The molecule has 0 saturated carbocycles. The number of anilines is 1. The molecule has 5 aromatic rings. The number of aromatic nitrogens is 5. The minimum Gasteiger partial charge on any atom is -0.378 e. The molecule has 1 fully saturated rings. The van der Waals surface area contributed by atoms with Crippen molar-refractivity contribution in [2.45, 2.75) is 0 Å². The molecule has 4 aromatic heterocycles. The summed E-state index contributed by atoms with van der Waals surface area (Å²) >= 11 is 0. The zero-order valence-corrected chi connectivity index (χ0v) is 17.8. The number of rotatable bonds is 3. The number of para-hydroxylation sites is 1. The molecule has 33 heavy (non-hydrogen) atoms. The fourth-order valence-corrected chi connectivity index (χ4v) is 4.73. The van der Waals surface area contributed by atoms with Crippen LogP contribution in [0, 0.1) is 0 Å². The summed E-state index contributed by atoms with van der Waals surface area (Å²) in [6.07, 6.45) is 11.8. The van der Waals surface area contributed by atoms with Crippen LogP contribution in [-0.4, -0.2) is 51.2 Å². The highest BCUT2D eigenvalue weighted by molar-refractivity contribution is 6.13. The lowest BCUT2D eigenvalue weighted by Gasteiger charge is -2.29. The largest absolute Gasteiger partial charge is 0.378 e. The molecule has 7 heteroatoms. The average molecular weight is 432 g/mol. The molecule has 1 saturated heterocycles.